The Morgan fingerprint density at radius 1 is 0.932 bits per heavy atom. The molecule has 2 heterocycles. The predicted octanol–water partition coefficient (Wildman–Crippen LogP) is 5.42. The number of nitrogens with one attached hydrogen (secondary N) is 2. The molecule has 1 aromatic heterocycles. The normalized spacial score (nSPS) is 12.7. The molecule has 1 aliphatic heterocycles. The fourth-order valence-corrected chi connectivity index (χ4v) is 5.47. The van der Waals surface area contributed by atoms with Gasteiger partial charge in [0, 0.05) is 35.2 Å². The number of ether oxygens (including phenoxy) is 1. The number of fused-ring (bicyclic) bond motifs is 2. The van der Waals surface area contributed by atoms with E-state index in [1.807, 2.05) is 78.9 Å². The standard InChI is InChI=1S/C35H30N4O5/c1-44-35(43)25-12-14-27-28(19-25)38-34(42)32(27)33(23-10-6-3-7-11-23)37-26-13-15-29-24(18-26)16-17-39(29)31(41)20-30(40)36-21-22-8-4-2-5-9-22/h2-15,18-19,38,42H,16-17,20-21H2,1H3,(H,36,40). The number of aromatic nitrogens is 1. The van der Waals surface area contributed by atoms with Crippen LogP contribution in [0.3, 0.4) is 0 Å². The first-order chi connectivity index (χ1) is 21.4. The zero-order chi connectivity index (χ0) is 30.6. The van der Waals surface area contributed by atoms with Crippen LogP contribution in [0.15, 0.2) is 102 Å². The van der Waals surface area contributed by atoms with Gasteiger partial charge in [-0.15, -0.1) is 0 Å². The lowest BCUT2D eigenvalue weighted by atomic mass is 10.00. The molecule has 1 aliphatic rings. The Bertz CT molecular complexity index is 1900. The Morgan fingerprint density at radius 3 is 2.43 bits per heavy atom. The van der Waals surface area contributed by atoms with Gasteiger partial charge in [0.25, 0.3) is 0 Å². The number of aromatic hydroxyl groups is 1. The molecule has 6 rings (SSSR count). The monoisotopic (exact) mass is 586 g/mol. The van der Waals surface area contributed by atoms with Crippen LogP contribution in [0.25, 0.3) is 10.9 Å². The number of amides is 2. The molecule has 0 radical (unpaired) electrons. The van der Waals surface area contributed by atoms with Crippen molar-refractivity contribution in [3.63, 3.8) is 0 Å². The molecule has 9 nitrogen and oxygen atoms in total. The lowest BCUT2D eigenvalue weighted by Crippen LogP contribution is -2.34. The SMILES string of the molecule is COC(=O)c1ccc2c(C(=Nc3ccc4c(c3)CCN4C(=O)CC(=O)NCc3ccccc3)c3ccccc3)c(O)[nH]c2c1. The van der Waals surface area contributed by atoms with Crippen molar-refractivity contribution in [2.45, 2.75) is 19.4 Å². The van der Waals surface area contributed by atoms with Crippen LogP contribution in [0.1, 0.15) is 39.0 Å². The van der Waals surface area contributed by atoms with Crippen molar-refractivity contribution in [1.29, 1.82) is 0 Å². The summed E-state index contributed by atoms with van der Waals surface area (Å²) < 4.78 is 4.84. The molecule has 0 fully saturated rings. The smallest absolute Gasteiger partial charge is 0.337 e. The van der Waals surface area contributed by atoms with E-state index in [4.69, 9.17) is 9.73 Å². The summed E-state index contributed by atoms with van der Waals surface area (Å²) in [6, 6.07) is 29.7. The van der Waals surface area contributed by atoms with Crippen LogP contribution in [-0.4, -0.2) is 47.2 Å². The molecule has 4 aromatic carbocycles. The molecule has 5 aromatic rings. The topological polar surface area (TPSA) is 124 Å². The molecule has 2 amide bonds. The van der Waals surface area contributed by atoms with E-state index < -0.39 is 5.97 Å². The number of aromatic amines is 1. The van der Waals surface area contributed by atoms with E-state index in [1.54, 1.807) is 23.1 Å². The van der Waals surface area contributed by atoms with Crippen LogP contribution in [0, 0.1) is 0 Å². The van der Waals surface area contributed by atoms with E-state index in [1.165, 1.54) is 7.11 Å². The Balaban J connectivity index is 1.27. The van der Waals surface area contributed by atoms with Gasteiger partial charge in [0.05, 0.1) is 29.6 Å². The van der Waals surface area contributed by atoms with Gasteiger partial charge in [0.2, 0.25) is 11.8 Å². The second kappa shape index (κ2) is 12.3. The number of nitrogens with zero attached hydrogens (tertiary/aromatic N) is 2. The van der Waals surface area contributed by atoms with E-state index in [2.05, 4.69) is 10.3 Å². The maximum Gasteiger partial charge on any atom is 0.337 e. The van der Waals surface area contributed by atoms with Crippen LogP contribution < -0.4 is 10.2 Å². The largest absolute Gasteiger partial charge is 0.494 e. The molecule has 0 saturated carbocycles. The van der Waals surface area contributed by atoms with Crippen LogP contribution in [0.4, 0.5) is 11.4 Å². The Labute approximate surface area is 253 Å². The molecule has 0 saturated heterocycles. The first-order valence-corrected chi connectivity index (χ1v) is 14.2. The minimum Gasteiger partial charge on any atom is -0.494 e. The molecular formula is C35H30N4O5. The maximum atomic E-state index is 13.1. The lowest BCUT2D eigenvalue weighted by molar-refractivity contribution is -0.128. The highest BCUT2D eigenvalue weighted by Gasteiger charge is 2.27. The van der Waals surface area contributed by atoms with Crippen molar-refractivity contribution in [3.8, 4) is 5.88 Å². The van der Waals surface area contributed by atoms with Gasteiger partial charge in [-0.25, -0.2) is 9.79 Å². The quantitative estimate of drug-likeness (QED) is 0.127. The van der Waals surface area contributed by atoms with Gasteiger partial charge in [-0.2, -0.15) is 0 Å². The highest BCUT2D eigenvalue weighted by molar-refractivity contribution is 6.22. The van der Waals surface area contributed by atoms with E-state index in [-0.39, 0.29) is 24.1 Å². The number of hydrogen-bond acceptors (Lipinski definition) is 6. The molecule has 44 heavy (non-hydrogen) atoms. The van der Waals surface area contributed by atoms with Gasteiger partial charge < -0.3 is 25.0 Å². The van der Waals surface area contributed by atoms with Crippen LogP contribution in [0.2, 0.25) is 0 Å². The van der Waals surface area contributed by atoms with Gasteiger partial charge in [0.1, 0.15) is 6.42 Å². The number of carbonyl (C=O) groups excluding carboxylic acids is 3. The van der Waals surface area contributed by atoms with Gasteiger partial charge >= 0.3 is 5.97 Å². The third-order valence-corrected chi connectivity index (χ3v) is 7.63. The summed E-state index contributed by atoms with van der Waals surface area (Å²) in [6.07, 6.45) is 0.396. The number of rotatable bonds is 8. The van der Waals surface area contributed by atoms with Gasteiger partial charge in [-0.05, 0) is 47.9 Å². The van der Waals surface area contributed by atoms with Crippen LogP contribution in [-0.2, 0) is 27.3 Å². The molecule has 0 aliphatic carbocycles. The summed E-state index contributed by atoms with van der Waals surface area (Å²) >= 11 is 0. The van der Waals surface area contributed by atoms with Crippen molar-refractivity contribution >= 4 is 45.8 Å². The molecule has 220 valence electrons. The van der Waals surface area contributed by atoms with Crippen molar-refractivity contribution in [3.05, 3.63) is 125 Å². The van der Waals surface area contributed by atoms with E-state index in [9.17, 15) is 19.5 Å². The second-order valence-electron chi connectivity index (χ2n) is 10.5. The fraction of sp³-hybridized carbons (Fsp3) is 0.143. The molecule has 0 spiro atoms. The van der Waals surface area contributed by atoms with E-state index in [0.717, 1.165) is 22.4 Å². The molecule has 0 atom stereocenters. The second-order valence-corrected chi connectivity index (χ2v) is 10.5. The maximum absolute atomic E-state index is 13.1. The predicted molar refractivity (Wildman–Crippen MR) is 168 cm³/mol. The van der Waals surface area contributed by atoms with Crippen molar-refractivity contribution in [2.75, 3.05) is 18.6 Å². The third kappa shape index (κ3) is 5.80. The summed E-state index contributed by atoms with van der Waals surface area (Å²) in [6.45, 7) is 0.845. The lowest BCUT2D eigenvalue weighted by Gasteiger charge is -2.17. The number of benzene rings is 4. The number of H-pyrrole nitrogens is 1. The highest BCUT2D eigenvalue weighted by Crippen LogP contribution is 2.35. The number of methoxy groups -OCH3 is 1. The first kappa shape index (κ1) is 28.4. The number of carbonyl (C=O) groups is 3. The fourth-order valence-electron chi connectivity index (χ4n) is 5.47. The number of esters is 1. The summed E-state index contributed by atoms with van der Waals surface area (Å²) in [5, 5.41) is 14.5. The minimum absolute atomic E-state index is 0.0758. The summed E-state index contributed by atoms with van der Waals surface area (Å²) in [7, 11) is 1.32. The van der Waals surface area contributed by atoms with E-state index >= 15 is 0 Å². The molecule has 0 bridgehead atoms. The number of aliphatic imine (C=N–C) groups is 1. The molecule has 9 heteroatoms. The number of anilines is 1. The molecule has 0 unspecified atom stereocenters. The third-order valence-electron chi connectivity index (χ3n) is 7.63. The number of hydrogen-bond donors (Lipinski definition) is 3. The Kier molecular flexibility index (Phi) is 7.92. The van der Waals surface area contributed by atoms with Gasteiger partial charge in [-0.1, -0.05) is 66.7 Å². The van der Waals surface area contributed by atoms with E-state index in [0.29, 0.717) is 52.9 Å². The average molecular weight is 587 g/mol. The summed E-state index contributed by atoms with van der Waals surface area (Å²) in [4.78, 5) is 47.2. The highest BCUT2D eigenvalue weighted by atomic mass is 16.5. The molecular weight excluding hydrogens is 556 g/mol. The van der Waals surface area contributed by atoms with Gasteiger partial charge in [0.15, 0.2) is 5.88 Å². The van der Waals surface area contributed by atoms with Gasteiger partial charge in [-0.3, -0.25) is 9.59 Å². The summed E-state index contributed by atoms with van der Waals surface area (Å²) in [5.74, 6) is -1.13. The Morgan fingerprint density at radius 2 is 1.68 bits per heavy atom. The zero-order valence-electron chi connectivity index (χ0n) is 24.0. The minimum atomic E-state index is -0.474. The van der Waals surface area contributed by atoms with Crippen molar-refractivity contribution in [1.82, 2.24) is 10.3 Å². The molecule has 3 N–H and O–H groups in total. The summed E-state index contributed by atoms with van der Waals surface area (Å²) in [5.41, 5.74) is 6.09. The average Bonchev–Trinajstić information content (AvgIpc) is 3.62. The van der Waals surface area contributed by atoms with Crippen LogP contribution in [0.5, 0.6) is 5.88 Å². The van der Waals surface area contributed by atoms with Crippen molar-refractivity contribution < 1.29 is 24.2 Å². The first-order valence-electron chi connectivity index (χ1n) is 14.2. The zero-order valence-corrected chi connectivity index (χ0v) is 24.0. The van der Waals surface area contributed by atoms with Crippen LogP contribution >= 0.6 is 0 Å². The Hall–Kier alpha value is -5.70. The van der Waals surface area contributed by atoms with Crippen molar-refractivity contribution in [2.24, 2.45) is 4.99 Å².